The van der Waals surface area contributed by atoms with Crippen LogP contribution in [0.5, 0.6) is 0 Å². The number of fused-ring (bicyclic) bond motifs is 2. The number of nitrogens with one attached hydrogen (secondary N) is 2. The van der Waals surface area contributed by atoms with Crippen LogP contribution in [0.4, 0.5) is 21.9 Å². The molecule has 424 valence electrons. The maximum atomic E-state index is 12.5. The van der Waals surface area contributed by atoms with Gasteiger partial charge in [0.05, 0.1) is 24.0 Å². The van der Waals surface area contributed by atoms with Gasteiger partial charge in [0, 0.05) is 56.1 Å². The van der Waals surface area contributed by atoms with Crippen LogP contribution in [0.1, 0.15) is 124 Å². The molecule has 6 heterocycles. The highest BCUT2D eigenvalue weighted by atomic mass is 16.6. The zero-order valence-electron chi connectivity index (χ0n) is 47.1. The number of pyridine rings is 2. The third-order valence-corrected chi connectivity index (χ3v) is 14.8. The standard InChI is InChI=1S/C31H45N5O4.C27H39N7O4/c1-20(2)35(16-8-6-7-9-23(37)17-21-10-12-22(13-11-21)31(3,4)5)18-25-27(38)28(39)30(40-25)36-19-34-26-24(32)14-15-33-29(26)36;1-16(31-26(37)32-18-8-6-17(7-9-18)27(2,3)4)11-13-33(5)14-20-22(35)23(36)25(38-20)34-15-30-21-19(28)10-12-29-24(21)34/h10-15,19-20,25,27-28,30,38-39H,6-9,16-18H2,1-5H3,(H2,32,33);6-10,12,15-16,20,22-23,25,35-36H,11,13-14H2,1-5H3,(H2,28,29)(H2,31,32,37)/t25-,27-,28-,30-;16-,20+,22+,23+,25+/m10/s1. The number of unbranched alkanes of at least 4 members (excludes halogenated alkanes) is 2. The van der Waals surface area contributed by atoms with Gasteiger partial charge in [-0.2, -0.15) is 0 Å². The number of amides is 2. The molecule has 2 fully saturated rings. The Morgan fingerprint density at radius 1 is 0.667 bits per heavy atom. The van der Waals surface area contributed by atoms with Crippen molar-refractivity contribution in [1.29, 1.82) is 0 Å². The highest BCUT2D eigenvalue weighted by Crippen LogP contribution is 2.35. The van der Waals surface area contributed by atoms with Gasteiger partial charge in [-0.1, -0.05) is 84.4 Å². The van der Waals surface area contributed by atoms with Crippen molar-refractivity contribution in [2.45, 2.75) is 173 Å². The number of Topliss-reactive ketones (excluding diaryl/α,β-unsaturated/α-hetero) is 1. The highest BCUT2D eigenvalue weighted by Gasteiger charge is 2.46. The summed E-state index contributed by atoms with van der Waals surface area (Å²) in [6, 6.07) is 19.5. The monoisotopic (exact) mass is 1080 g/mol. The van der Waals surface area contributed by atoms with E-state index in [9.17, 15) is 30.0 Å². The second kappa shape index (κ2) is 25.8. The molecule has 0 radical (unpaired) electrons. The molecular formula is C58H84N12O8. The van der Waals surface area contributed by atoms with Crippen molar-refractivity contribution in [2.75, 3.05) is 50.0 Å². The maximum Gasteiger partial charge on any atom is 0.319 e. The van der Waals surface area contributed by atoms with Crippen LogP contribution in [0, 0.1) is 0 Å². The number of ketones is 1. The van der Waals surface area contributed by atoms with Gasteiger partial charge < -0.3 is 56.9 Å². The molecule has 0 spiro atoms. The van der Waals surface area contributed by atoms with Gasteiger partial charge in [-0.3, -0.25) is 18.8 Å². The van der Waals surface area contributed by atoms with E-state index in [2.05, 4.69) is 115 Å². The van der Waals surface area contributed by atoms with Crippen molar-refractivity contribution in [3.8, 4) is 0 Å². The summed E-state index contributed by atoms with van der Waals surface area (Å²) in [4.78, 5) is 46.4. The second-order valence-corrected chi connectivity index (χ2v) is 23.5. The third-order valence-electron chi connectivity index (χ3n) is 14.8. The third kappa shape index (κ3) is 15.0. The molecule has 0 unspecified atom stereocenters. The quantitative estimate of drug-likeness (QED) is 0.0380. The number of aliphatic hydroxyl groups is 4. The van der Waals surface area contributed by atoms with Gasteiger partial charge in [-0.05, 0) is 112 Å². The fraction of sp³-hybridized carbons (Fsp3) is 0.552. The summed E-state index contributed by atoms with van der Waals surface area (Å²) in [7, 11) is 1.91. The van der Waals surface area contributed by atoms with Gasteiger partial charge in [-0.25, -0.2) is 24.7 Å². The van der Waals surface area contributed by atoms with Crippen molar-refractivity contribution >= 4 is 51.2 Å². The first-order valence-corrected chi connectivity index (χ1v) is 27.3. The van der Waals surface area contributed by atoms with E-state index in [-0.39, 0.29) is 34.7 Å². The summed E-state index contributed by atoms with van der Waals surface area (Å²) in [6.07, 6.45) is 3.53. The van der Waals surface area contributed by atoms with E-state index in [4.69, 9.17) is 20.9 Å². The first-order chi connectivity index (χ1) is 36.9. The number of nitrogen functional groups attached to an aromatic ring is 2. The molecule has 2 aliphatic heterocycles. The summed E-state index contributed by atoms with van der Waals surface area (Å²) in [6.45, 7) is 21.5. The van der Waals surface area contributed by atoms with E-state index in [1.165, 1.54) is 17.5 Å². The summed E-state index contributed by atoms with van der Waals surface area (Å²) < 4.78 is 15.4. The number of urea groups is 1. The number of hydrogen-bond acceptors (Lipinski definition) is 16. The second-order valence-electron chi connectivity index (χ2n) is 23.5. The van der Waals surface area contributed by atoms with E-state index in [1.807, 2.05) is 43.1 Å². The number of benzene rings is 2. The molecule has 8 rings (SSSR count). The fourth-order valence-electron chi connectivity index (χ4n) is 9.87. The number of carbonyl (C=O) groups excluding carboxylic acids is 2. The molecule has 2 aromatic carbocycles. The number of aromatic nitrogens is 6. The number of ether oxygens (including phenoxy) is 2. The Kier molecular flexibility index (Phi) is 19.7. The number of carbonyl (C=O) groups is 2. The lowest BCUT2D eigenvalue weighted by Gasteiger charge is -2.30. The molecule has 78 heavy (non-hydrogen) atoms. The largest absolute Gasteiger partial charge is 0.397 e. The average Bonchev–Trinajstić information content (AvgIpc) is 4.16. The van der Waals surface area contributed by atoms with E-state index >= 15 is 0 Å². The maximum absolute atomic E-state index is 12.5. The number of imidazole rings is 2. The van der Waals surface area contributed by atoms with Crippen molar-refractivity contribution in [3.63, 3.8) is 0 Å². The lowest BCUT2D eigenvalue weighted by molar-refractivity contribution is -0.118. The molecule has 2 aliphatic rings. The van der Waals surface area contributed by atoms with E-state index < -0.39 is 49.1 Å². The van der Waals surface area contributed by atoms with Gasteiger partial charge in [0.25, 0.3) is 0 Å². The summed E-state index contributed by atoms with van der Waals surface area (Å²) in [5, 5.41) is 48.8. The van der Waals surface area contributed by atoms with Gasteiger partial charge in [0.15, 0.2) is 23.8 Å². The van der Waals surface area contributed by atoms with Gasteiger partial charge >= 0.3 is 6.03 Å². The number of hydrogen-bond donors (Lipinski definition) is 8. The van der Waals surface area contributed by atoms with Crippen molar-refractivity contribution in [3.05, 3.63) is 102 Å². The zero-order chi connectivity index (χ0) is 56.6. The molecule has 20 nitrogen and oxygen atoms in total. The van der Waals surface area contributed by atoms with Crippen molar-refractivity contribution < 1.29 is 39.5 Å². The Bertz CT molecular complexity index is 2900. The van der Waals surface area contributed by atoms with Crippen molar-refractivity contribution in [1.82, 2.24) is 44.2 Å². The Morgan fingerprint density at radius 3 is 1.67 bits per heavy atom. The van der Waals surface area contributed by atoms with Gasteiger partial charge in [0.1, 0.15) is 53.4 Å². The zero-order valence-corrected chi connectivity index (χ0v) is 47.1. The molecule has 20 heteroatoms. The Morgan fingerprint density at radius 2 is 1.17 bits per heavy atom. The topological polar surface area (TPSA) is 278 Å². The molecule has 0 aliphatic carbocycles. The minimum absolute atomic E-state index is 0.0551. The Balaban J connectivity index is 0.000000226. The molecule has 0 saturated carbocycles. The molecular weight excluding hydrogens is 993 g/mol. The van der Waals surface area contributed by atoms with Crippen LogP contribution in [0.3, 0.4) is 0 Å². The van der Waals surface area contributed by atoms with Crippen LogP contribution in [-0.2, 0) is 31.5 Å². The van der Waals surface area contributed by atoms with Crippen LogP contribution in [0.15, 0.2) is 85.7 Å². The van der Waals surface area contributed by atoms with E-state index in [0.717, 1.165) is 37.1 Å². The molecule has 2 amide bonds. The Hall–Kier alpha value is -6.10. The van der Waals surface area contributed by atoms with E-state index in [0.29, 0.717) is 72.6 Å². The average molecular weight is 1080 g/mol. The molecule has 0 bridgehead atoms. The van der Waals surface area contributed by atoms with Crippen LogP contribution in [-0.4, -0.2) is 153 Å². The summed E-state index contributed by atoms with van der Waals surface area (Å²) in [5.41, 5.74) is 19.4. The summed E-state index contributed by atoms with van der Waals surface area (Å²) in [5.74, 6) is 0.273. The van der Waals surface area contributed by atoms with Crippen LogP contribution in [0.2, 0.25) is 0 Å². The van der Waals surface area contributed by atoms with Crippen LogP contribution >= 0.6 is 0 Å². The number of aliphatic hydroxyl groups excluding tert-OH is 4. The minimum atomic E-state index is -1.14. The predicted octanol–water partition coefficient (Wildman–Crippen LogP) is 6.48. The smallest absolute Gasteiger partial charge is 0.319 e. The molecule has 4 aromatic heterocycles. The summed E-state index contributed by atoms with van der Waals surface area (Å²) >= 11 is 0. The molecule has 9 atom stereocenters. The normalized spacial score (nSPS) is 22.1. The fourth-order valence-corrected chi connectivity index (χ4v) is 9.87. The first-order valence-electron chi connectivity index (χ1n) is 27.3. The lowest BCUT2D eigenvalue weighted by atomic mass is 9.86. The van der Waals surface area contributed by atoms with E-state index in [1.54, 1.807) is 40.0 Å². The minimum Gasteiger partial charge on any atom is -0.397 e. The van der Waals surface area contributed by atoms with Crippen molar-refractivity contribution in [2.24, 2.45) is 0 Å². The lowest BCUT2D eigenvalue weighted by Crippen LogP contribution is -2.43. The predicted molar refractivity (Wildman–Crippen MR) is 304 cm³/mol. The number of likely N-dealkylation sites (N-methyl/N-ethyl adjacent to an activating group) is 1. The molecule has 6 aromatic rings. The number of nitrogens with zero attached hydrogens (tertiary/aromatic N) is 8. The Labute approximate surface area is 458 Å². The number of nitrogens with two attached hydrogens (primary N) is 2. The molecule has 2 saturated heterocycles. The van der Waals surface area contributed by atoms with Gasteiger partial charge in [0.2, 0.25) is 0 Å². The molecule has 10 N–H and O–H groups in total. The van der Waals surface area contributed by atoms with Crippen LogP contribution < -0.4 is 22.1 Å². The number of anilines is 3. The SMILES string of the molecule is CC(C)N(CCCCCC(=O)Cc1ccc(C(C)(C)C)cc1)C[C@H]1O[C@@H](n2cnc3c(N)ccnc32)[C@H](O)[C@@H]1O.C[C@@H](CCN(C)C[C@H]1O[C@@H](n2cnc3c(N)ccnc32)[C@H](O)[C@@H]1O)NC(=O)Nc1ccc(C(C)(C)C)cc1. The first kappa shape index (κ1) is 59.6. The highest BCUT2D eigenvalue weighted by molar-refractivity contribution is 5.89. The van der Waals surface area contributed by atoms with Crippen LogP contribution in [0.25, 0.3) is 22.3 Å². The van der Waals surface area contributed by atoms with Gasteiger partial charge in [-0.15, -0.1) is 0 Å². The number of rotatable bonds is 20.